The van der Waals surface area contributed by atoms with Crippen LogP contribution in [-0.4, -0.2) is 16.6 Å². The van der Waals surface area contributed by atoms with Crippen LogP contribution in [0, 0.1) is 3.70 Å². The van der Waals surface area contributed by atoms with Gasteiger partial charge < -0.3 is 10.4 Å². The van der Waals surface area contributed by atoms with Crippen LogP contribution in [0.5, 0.6) is 5.75 Å². The van der Waals surface area contributed by atoms with Crippen molar-refractivity contribution < 1.29 is 5.11 Å². The monoisotopic (exact) mass is 304 g/mol. The molecule has 14 heavy (non-hydrogen) atoms. The molecule has 0 radical (unpaired) electrons. The molecule has 0 aliphatic carbocycles. The van der Waals surface area contributed by atoms with Crippen LogP contribution in [0.1, 0.15) is 31.0 Å². The Morgan fingerprint density at radius 3 is 3.00 bits per heavy atom. The molecule has 0 amide bonds. The molecule has 4 heteroatoms. The van der Waals surface area contributed by atoms with E-state index in [-0.39, 0.29) is 6.04 Å². The Balaban J connectivity index is 2.24. The molecule has 0 saturated carbocycles. The Kier molecular flexibility index (Phi) is 3.22. The molecular formula is C10H13IN2O. The predicted molar refractivity (Wildman–Crippen MR) is 63.2 cm³/mol. The zero-order valence-corrected chi connectivity index (χ0v) is 9.99. The highest BCUT2D eigenvalue weighted by Gasteiger charge is 2.19. The zero-order valence-electron chi connectivity index (χ0n) is 7.83. The fourth-order valence-corrected chi connectivity index (χ4v) is 2.22. The Morgan fingerprint density at radius 1 is 1.43 bits per heavy atom. The Bertz CT molecular complexity index is 324. The van der Waals surface area contributed by atoms with E-state index >= 15 is 0 Å². The van der Waals surface area contributed by atoms with Crippen molar-refractivity contribution in [3.63, 3.8) is 0 Å². The molecule has 0 unspecified atom stereocenters. The van der Waals surface area contributed by atoms with Crippen LogP contribution in [0.2, 0.25) is 0 Å². The Hall–Kier alpha value is -0.360. The molecule has 1 aliphatic heterocycles. The summed E-state index contributed by atoms with van der Waals surface area (Å²) in [5.41, 5.74) is 0.802. The van der Waals surface area contributed by atoms with Crippen LogP contribution in [0.3, 0.4) is 0 Å². The molecule has 76 valence electrons. The summed E-state index contributed by atoms with van der Waals surface area (Å²) in [6, 6.07) is 3.78. The first-order chi connectivity index (χ1) is 6.77. The first kappa shape index (κ1) is 10.2. The maximum absolute atomic E-state index is 9.68. The summed E-state index contributed by atoms with van der Waals surface area (Å²) >= 11 is 2.17. The summed E-state index contributed by atoms with van der Waals surface area (Å²) in [6.07, 6.45) is 3.51. The summed E-state index contributed by atoms with van der Waals surface area (Å²) < 4.78 is 0.933. The van der Waals surface area contributed by atoms with Gasteiger partial charge in [0.2, 0.25) is 0 Å². The third-order valence-corrected chi connectivity index (χ3v) is 3.11. The Morgan fingerprint density at radius 2 is 2.29 bits per heavy atom. The van der Waals surface area contributed by atoms with Gasteiger partial charge in [0.05, 0.1) is 6.04 Å². The molecule has 0 spiro atoms. The molecule has 1 aliphatic rings. The molecule has 1 fully saturated rings. The molecule has 1 aromatic rings. The normalized spacial score (nSPS) is 22.2. The van der Waals surface area contributed by atoms with Crippen LogP contribution >= 0.6 is 22.6 Å². The third-order valence-electron chi connectivity index (χ3n) is 2.51. The van der Waals surface area contributed by atoms with E-state index in [1.54, 1.807) is 6.07 Å². The minimum Gasteiger partial charge on any atom is -0.506 e. The number of nitrogens with zero attached hydrogens (tertiary/aromatic N) is 1. The van der Waals surface area contributed by atoms with Crippen LogP contribution in [0.15, 0.2) is 12.1 Å². The lowest BCUT2D eigenvalue weighted by Gasteiger charge is -2.23. The van der Waals surface area contributed by atoms with E-state index in [0.717, 1.165) is 22.4 Å². The third kappa shape index (κ3) is 2.17. The quantitative estimate of drug-likeness (QED) is 0.617. The standard InChI is InChI=1S/C10H13IN2O/c11-9-5-4-8(14)10(13-9)7-3-1-2-6-12-7/h4-5,7,12,14H,1-3,6H2/t7-/m0/s1. The van der Waals surface area contributed by atoms with Gasteiger partial charge in [-0.25, -0.2) is 4.98 Å². The van der Waals surface area contributed by atoms with Gasteiger partial charge in [0.25, 0.3) is 0 Å². The average molecular weight is 304 g/mol. The Labute approximate surface area is 97.1 Å². The fraction of sp³-hybridized carbons (Fsp3) is 0.500. The second-order valence-electron chi connectivity index (χ2n) is 3.54. The number of aromatic nitrogens is 1. The van der Waals surface area contributed by atoms with Crippen molar-refractivity contribution in [3.8, 4) is 5.75 Å². The molecule has 2 heterocycles. The van der Waals surface area contributed by atoms with Crippen molar-refractivity contribution >= 4 is 22.6 Å². The van der Waals surface area contributed by atoms with E-state index in [1.165, 1.54) is 12.8 Å². The smallest absolute Gasteiger partial charge is 0.138 e. The van der Waals surface area contributed by atoms with E-state index in [4.69, 9.17) is 0 Å². The van der Waals surface area contributed by atoms with Crippen LogP contribution in [-0.2, 0) is 0 Å². The van der Waals surface area contributed by atoms with Gasteiger partial charge in [0.15, 0.2) is 0 Å². The lowest BCUT2D eigenvalue weighted by atomic mass is 10.0. The molecule has 2 rings (SSSR count). The van der Waals surface area contributed by atoms with Crippen LogP contribution in [0.25, 0.3) is 0 Å². The lowest BCUT2D eigenvalue weighted by Crippen LogP contribution is -2.27. The average Bonchev–Trinajstić information content (AvgIpc) is 2.23. The number of nitrogens with one attached hydrogen (secondary N) is 1. The van der Waals surface area contributed by atoms with Crippen molar-refractivity contribution in [3.05, 3.63) is 21.5 Å². The van der Waals surface area contributed by atoms with Gasteiger partial charge >= 0.3 is 0 Å². The number of rotatable bonds is 1. The van der Waals surface area contributed by atoms with Gasteiger partial charge in [-0.2, -0.15) is 0 Å². The molecule has 1 atom stereocenters. The zero-order chi connectivity index (χ0) is 9.97. The number of piperidine rings is 1. The molecule has 1 aromatic heterocycles. The lowest BCUT2D eigenvalue weighted by molar-refractivity contribution is 0.382. The second-order valence-corrected chi connectivity index (χ2v) is 4.65. The van der Waals surface area contributed by atoms with Crippen LogP contribution < -0.4 is 5.32 Å². The molecule has 3 nitrogen and oxygen atoms in total. The highest BCUT2D eigenvalue weighted by Crippen LogP contribution is 2.28. The molecule has 0 aromatic carbocycles. The predicted octanol–water partition coefficient (Wildman–Crippen LogP) is 2.21. The van der Waals surface area contributed by atoms with Crippen LogP contribution in [0.4, 0.5) is 0 Å². The van der Waals surface area contributed by atoms with Crippen molar-refractivity contribution in [2.24, 2.45) is 0 Å². The second kappa shape index (κ2) is 4.44. The maximum Gasteiger partial charge on any atom is 0.138 e. The van der Waals surface area contributed by atoms with Gasteiger partial charge in [-0.3, -0.25) is 0 Å². The number of pyridine rings is 1. The van der Waals surface area contributed by atoms with Crippen molar-refractivity contribution in [1.82, 2.24) is 10.3 Å². The van der Waals surface area contributed by atoms with E-state index in [0.29, 0.717) is 5.75 Å². The molecular weight excluding hydrogens is 291 g/mol. The summed E-state index contributed by atoms with van der Waals surface area (Å²) in [6.45, 7) is 1.03. The van der Waals surface area contributed by atoms with E-state index in [9.17, 15) is 5.11 Å². The van der Waals surface area contributed by atoms with Gasteiger partial charge in [0, 0.05) is 0 Å². The minimum atomic E-state index is 0.235. The molecule has 0 bridgehead atoms. The number of hydrogen-bond acceptors (Lipinski definition) is 3. The topological polar surface area (TPSA) is 45.2 Å². The van der Waals surface area contributed by atoms with E-state index in [1.807, 2.05) is 6.07 Å². The molecule has 1 saturated heterocycles. The summed E-state index contributed by atoms with van der Waals surface area (Å²) in [5, 5.41) is 13.1. The highest BCUT2D eigenvalue weighted by molar-refractivity contribution is 14.1. The largest absolute Gasteiger partial charge is 0.506 e. The van der Waals surface area contributed by atoms with Crippen molar-refractivity contribution in [1.29, 1.82) is 0 Å². The van der Waals surface area contributed by atoms with Gasteiger partial charge in [-0.05, 0) is 54.1 Å². The SMILES string of the molecule is Oc1ccc(I)nc1[C@@H]1CCCCN1. The van der Waals surface area contributed by atoms with Crippen molar-refractivity contribution in [2.45, 2.75) is 25.3 Å². The summed E-state index contributed by atoms with van der Waals surface area (Å²) in [7, 11) is 0. The minimum absolute atomic E-state index is 0.235. The van der Waals surface area contributed by atoms with E-state index < -0.39 is 0 Å². The van der Waals surface area contributed by atoms with Gasteiger partial charge in [-0.1, -0.05) is 6.42 Å². The highest BCUT2D eigenvalue weighted by atomic mass is 127. The first-order valence-electron chi connectivity index (χ1n) is 4.86. The van der Waals surface area contributed by atoms with Crippen molar-refractivity contribution in [2.75, 3.05) is 6.54 Å². The number of aromatic hydroxyl groups is 1. The fourth-order valence-electron chi connectivity index (χ4n) is 1.78. The van der Waals surface area contributed by atoms with Gasteiger partial charge in [-0.15, -0.1) is 0 Å². The summed E-state index contributed by atoms with van der Waals surface area (Å²) in [5.74, 6) is 0.310. The summed E-state index contributed by atoms with van der Waals surface area (Å²) in [4.78, 5) is 4.37. The number of halogens is 1. The maximum atomic E-state index is 9.68. The molecule has 2 N–H and O–H groups in total. The first-order valence-corrected chi connectivity index (χ1v) is 5.94. The number of hydrogen-bond donors (Lipinski definition) is 2. The van der Waals surface area contributed by atoms with Gasteiger partial charge in [0.1, 0.15) is 15.1 Å². The van der Waals surface area contributed by atoms with E-state index in [2.05, 4.69) is 32.9 Å².